The van der Waals surface area contributed by atoms with E-state index in [1.807, 2.05) is 49.4 Å². The molecular formula is C20H18N2O3. The maximum absolute atomic E-state index is 12.2. The lowest BCUT2D eigenvalue weighted by Gasteiger charge is -2.04. The Morgan fingerprint density at radius 2 is 1.68 bits per heavy atom. The normalized spacial score (nSPS) is 11.0. The van der Waals surface area contributed by atoms with Crippen molar-refractivity contribution in [2.45, 2.75) is 13.8 Å². The molecule has 3 rings (SSSR count). The number of amides is 2. The molecule has 0 aliphatic heterocycles. The standard InChI is InChI=1S/C20H18N2O3/c1-13-7-3-4-8-15(13)11-12-18(23)21-22-20(24)19-14(2)16-9-5-6-10-17(16)25-19/h3-12H,1-2H3,(H,21,23)(H,22,24)/b12-11+. The van der Waals surface area contributed by atoms with Gasteiger partial charge in [-0.15, -0.1) is 0 Å². The molecule has 0 unspecified atom stereocenters. The van der Waals surface area contributed by atoms with Gasteiger partial charge in [0.2, 0.25) is 0 Å². The van der Waals surface area contributed by atoms with Crippen LogP contribution < -0.4 is 10.9 Å². The predicted octanol–water partition coefficient (Wildman–Crippen LogP) is 3.52. The monoisotopic (exact) mass is 334 g/mol. The molecule has 25 heavy (non-hydrogen) atoms. The van der Waals surface area contributed by atoms with Gasteiger partial charge in [0.1, 0.15) is 5.58 Å². The smallest absolute Gasteiger partial charge is 0.305 e. The van der Waals surface area contributed by atoms with E-state index in [0.717, 1.165) is 22.1 Å². The van der Waals surface area contributed by atoms with E-state index in [0.29, 0.717) is 5.58 Å². The summed E-state index contributed by atoms with van der Waals surface area (Å²) in [7, 11) is 0. The molecule has 0 fully saturated rings. The first-order chi connectivity index (χ1) is 12.1. The number of rotatable bonds is 3. The highest BCUT2D eigenvalue weighted by atomic mass is 16.3. The first kappa shape index (κ1) is 16.5. The molecular weight excluding hydrogens is 316 g/mol. The van der Waals surface area contributed by atoms with Crippen molar-refractivity contribution in [3.63, 3.8) is 0 Å². The highest BCUT2D eigenvalue weighted by Gasteiger charge is 2.17. The summed E-state index contributed by atoms with van der Waals surface area (Å²) in [6.07, 6.45) is 3.07. The zero-order chi connectivity index (χ0) is 17.8. The molecule has 3 aromatic rings. The molecule has 126 valence electrons. The van der Waals surface area contributed by atoms with Crippen molar-refractivity contribution in [1.82, 2.24) is 10.9 Å². The van der Waals surface area contributed by atoms with Crippen LogP contribution in [0.5, 0.6) is 0 Å². The number of aryl methyl sites for hydroxylation is 2. The number of hydrogen-bond donors (Lipinski definition) is 2. The number of nitrogens with one attached hydrogen (secondary N) is 2. The second-order valence-corrected chi connectivity index (χ2v) is 5.69. The van der Waals surface area contributed by atoms with Crippen LogP contribution in [-0.2, 0) is 4.79 Å². The molecule has 0 radical (unpaired) electrons. The minimum atomic E-state index is -0.494. The molecule has 0 bridgehead atoms. The Labute approximate surface area is 145 Å². The van der Waals surface area contributed by atoms with Crippen LogP contribution in [0.4, 0.5) is 0 Å². The van der Waals surface area contributed by atoms with Crippen molar-refractivity contribution in [1.29, 1.82) is 0 Å². The van der Waals surface area contributed by atoms with Crippen molar-refractivity contribution in [3.05, 3.63) is 77.1 Å². The maximum Gasteiger partial charge on any atom is 0.305 e. The first-order valence-corrected chi connectivity index (χ1v) is 7.88. The van der Waals surface area contributed by atoms with E-state index >= 15 is 0 Å². The maximum atomic E-state index is 12.2. The van der Waals surface area contributed by atoms with E-state index < -0.39 is 11.8 Å². The third-order valence-corrected chi connectivity index (χ3v) is 3.95. The Hall–Kier alpha value is -3.34. The minimum Gasteiger partial charge on any atom is -0.451 e. The summed E-state index contributed by atoms with van der Waals surface area (Å²) in [4.78, 5) is 24.1. The van der Waals surface area contributed by atoms with Gasteiger partial charge in [-0.3, -0.25) is 20.4 Å². The number of para-hydroxylation sites is 1. The van der Waals surface area contributed by atoms with Crippen LogP contribution in [0, 0.1) is 13.8 Å². The fraction of sp³-hybridized carbons (Fsp3) is 0.100. The number of fused-ring (bicyclic) bond motifs is 1. The van der Waals surface area contributed by atoms with E-state index in [2.05, 4.69) is 10.9 Å². The number of carbonyl (C=O) groups is 2. The lowest BCUT2D eigenvalue weighted by atomic mass is 10.1. The lowest BCUT2D eigenvalue weighted by Crippen LogP contribution is -2.40. The van der Waals surface area contributed by atoms with Gasteiger partial charge >= 0.3 is 5.91 Å². The summed E-state index contributed by atoms with van der Waals surface area (Å²) in [6.45, 7) is 3.77. The summed E-state index contributed by atoms with van der Waals surface area (Å²) in [5.74, 6) is -0.735. The molecule has 2 N–H and O–H groups in total. The van der Waals surface area contributed by atoms with Gasteiger partial charge in [-0.2, -0.15) is 0 Å². The SMILES string of the molecule is Cc1ccccc1/C=C/C(=O)NNC(=O)c1oc2ccccc2c1C. The van der Waals surface area contributed by atoms with E-state index in [4.69, 9.17) is 4.42 Å². The molecule has 0 atom stereocenters. The van der Waals surface area contributed by atoms with Gasteiger partial charge in [-0.05, 0) is 37.1 Å². The van der Waals surface area contributed by atoms with E-state index in [1.54, 1.807) is 19.1 Å². The first-order valence-electron chi connectivity index (χ1n) is 7.88. The Morgan fingerprint density at radius 1 is 0.960 bits per heavy atom. The molecule has 0 saturated carbocycles. The second-order valence-electron chi connectivity index (χ2n) is 5.69. The Morgan fingerprint density at radius 3 is 2.44 bits per heavy atom. The molecule has 0 aliphatic rings. The fourth-order valence-electron chi connectivity index (χ4n) is 2.55. The molecule has 1 aromatic heterocycles. The van der Waals surface area contributed by atoms with Gasteiger partial charge in [0, 0.05) is 17.0 Å². The molecule has 5 heteroatoms. The quantitative estimate of drug-likeness (QED) is 0.568. The summed E-state index contributed by atoms with van der Waals surface area (Å²) in [6, 6.07) is 15.1. The van der Waals surface area contributed by atoms with Crippen molar-refractivity contribution >= 4 is 28.9 Å². The van der Waals surface area contributed by atoms with Crippen LogP contribution in [0.3, 0.4) is 0 Å². The zero-order valence-corrected chi connectivity index (χ0v) is 14.0. The zero-order valence-electron chi connectivity index (χ0n) is 14.0. The van der Waals surface area contributed by atoms with Gasteiger partial charge in [-0.25, -0.2) is 0 Å². The lowest BCUT2D eigenvalue weighted by molar-refractivity contribution is -0.117. The Balaban J connectivity index is 1.64. The highest BCUT2D eigenvalue weighted by molar-refractivity contribution is 6.00. The highest BCUT2D eigenvalue weighted by Crippen LogP contribution is 2.24. The van der Waals surface area contributed by atoms with Crippen LogP contribution in [0.15, 0.2) is 59.0 Å². The molecule has 0 aliphatic carbocycles. The van der Waals surface area contributed by atoms with Crippen molar-refractivity contribution in [2.75, 3.05) is 0 Å². The molecule has 0 spiro atoms. The number of carbonyl (C=O) groups excluding carboxylic acids is 2. The molecule has 2 aromatic carbocycles. The molecule has 1 heterocycles. The van der Waals surface area contributed by atoms with Crippen molar-refractivity contribution in [3.8, 4) is 0 Å². The molecule has 5 nitrogen and oxygen atoms in total. The van der Waals surface area contributed by atoms with Gasteiger partial charge < -0.3 is 4.42 Å². The van der Waals surface area contributed by atoms with Gasteiger partial charge in [0.25, 0.3) is 5.91 Å². The average Bonchev–Trinajstić information content (AvgIpc) is 2.96. The van der Waals surface area contributed by atoms with Crippen LogP contribution in [-0.4, -0.2) is 11.8 Å². The molecule has 0 saturated heterocycles. The Bertz CT molecular complexity index is 970. The number of hydrazine groups is 1. The molecule has 2 amide bonds. The average molecular weight is 334 g/mol. The fourth-order valence-corrected chi connectivity index (χ4v) is 2.55. The second kappa shape index (κ2) is 7.05. The number of benzene rings is 2. The van der Waals surface area contributed by atoms with Crippen LogP contribution >= 0.6 is 0 Å². The van der Waals surface area contributed by atoms with Crippen LogP contribution in [0.25, 0.3) is 17.0 Å². The topological polar surface area (TPSA) is 71.3 Å². The third kappa shape index (κ3) is 3.61. The van der Waals surface area contributed by atoms with Gasteiger partial charge in [-0.1, -0.05) is 42.5 Å². The summed E-state index contributed by atoms with van der Waals surface area (Å²) in [5.41, 5.74) is 8.10. The number of hydrogen-bond acceptors (Lipinski definition) is 3. The summed E-state index contributed by atoms with van der Waals surface area (Å²) in [5, 5.41) is 0.874. The van der Waals surface area contributed by atoms with Gasteiger partial charge in [0.05, 0.1) is 0 Å². The predicted molar refractivity (Wildman–Crippen MR) is 96.8 cm³/mol. The van der Waals surface area contributed by atoms with Gasteiger partial charge in [0.15, 0.2) is 5.76 Å². The van der Waals surface area contributed by atoms with Crippen molar-refractivity contribution in [2.24, 2.45) is 0 Å². The largest absolute Gasteiger partial charge is 0.451 e. The van der Waals surface area contributed by atoms with Crippen LogP contribution in [0.1, 0.15) is 27.2 Å². The summed E-state index contributed by atoms with van der Waals surface area (Å²) >= 11 is 0. The van der Waals surface area contributed by atoms with E-state index in [-0.39, 0.29) is 5.76 Å². The minimum absolute atomic E-state index is 0.185. The van der Waals surface area contributed by atoms with E-state index in [1.165, 1.54) is 6.08 Å². The third-order valence-electron chi connectivity index (χ3n) is 3.95. The van der Waals surface area contributed by atoms with Crippen LogP contribution in [0.2, 0.25) is 0 Å². The van der Waals surface area contributed by atoms with Crippen molar-refractivity contribution < 1.29 is 14.0 Å². The summed E-state index contributed by atoms with van der Waals surface area (Å²) < 4.78 is 5.56. The Kier molecular flexibility index (Phi) is 4.66. The van der Waals surface area contributed by atoms with E-state index in [9.17, 15) is 9.59 Å². The number of furan rings is 1.